The number of nitrogens with one attached hydrogen (secondary N) is 1. The summed E-state index contributed by atoms with van der Waals surface area (Å²) in [5.41, 5.74) is 2.53. The molecule has 0 fully saturated rings. The first-order valence-corrected chi connectivity index (χ1v) is 4.91. The van der Waals surface area contributed by atoms with Crippen LogP contribution in [0, 0.1) is 0 Å². The van der Waals surface area contributed by atoms with Crippen LogP contribution in [0.2, 0.25) is 0 Å². The lowest BCUT2D eigenvalue weighted by molar-refractivity contribution is -0.142. The van der Waals surface area contributed by atoms with Gasteiger partial charge in [-0.25, -0.2) is 9.82 Å². The Hall–Kier alpha value is -0.650. The zero-order valence-corrected chi connectivity index (χ0v) is 8.56. The van der Waals surface area contributed by atoms with E-state index in [1.807, 2.05) is 5.38 Å². The largest absolute Gasteiger partial charge is 0.468 e. The third-order valence-corrected chi connectivity index (χ3v) is 2.41. The van der Waals surface area contributed by atoms with Gasteiger partial charge in [0, 0.05) is 11.8 Å². The van der Waals surface area contributed by atoms with Gasteiger partial charge in [0.1, 0.15) is 6.04 Å². The van der Waals surface area contributed by atoms with Crippen molar-refractivity contribution in [1.82, 2.24) is 9.82 Å². The molecule has 1 atom stereocenters. The van der Waals surface area contributed by atoms with E-state index in [1.165, 1.54) is 18.4 Å². The van der Waals surface area contributed by atoms with Crippen LogP contribution in [0.4, 0.5) is 0 Å². The number of hydrogen-bond donors (Lipinski definition) is 1. The van der Waals surface area contributed by atoms with Crippen LogP contribution in [0.15, 0.2) is 10.9 Å². The molecule has 0 saturated carbocycles. The van der Waals surface area contributed by atoms with Crippen LogP contribution in [0.5, 0.6) is 0 Å². The molecule has 1 N–H and O–H groups in total. The molecule has 72 valence electrons. The number of methoxy groups -OCH3 is 1. The summed E-state index contributed by atoms with van der Waals surface area (Å²) in [6.45, 7) is 0. The van der Waals surface area contributed by atoms with E-state index < -0.39 is 6.04 Å². The molecular formula is C7H9ClN2O2S. The standard InChI is InChI=1S/C7H9ClN2O2S/c1-12-7(11)6(10-8)2-5-3-13-4-9-5/h3-4,6,10H,2H2,1H3/t6-/m0/s1. The van der Waals surface area contributed by atoms with Crippen molar-refractivity contribution in [3.8, 4) is 0 Å². The highest BCUT2D eigenvalue weighted by molar-refractivity contribution is 7.07. The summed E-state index contributed by atoms with van der Waals surface area (Å²) in [7, 11) is 1.32. The Labute approximate surface area is 85.0 Å². The maximum absolute atomic E-state index is 11.1. The summed E-state index contributed by atoms with van der Waals surface area (Å²) >= 11 is 6.86. The molecule has 0 bridgehead atoms. The molecule has 1 aromatic heterocycles. The van der Waals surface area contributed by atoms with Crippen molar-refractivity contribution in [3.63, 3.8) is 0 Å². The molecule has 0 spiro atoms. The molecule has 0 aliphatic heterocycles. The molecular weight excluding hydrogens is 212 g/mol. The number of rotatable bonds is 4. The lowest BCUT2D eigenvalue weighted by Gasteiger charge is -2.09. The highest BCUT2D eigenvalue weighted by Gasteiger charge is 2.18. The fraction of sp³-hybridized carbons (Fsp3) is 0.429. The predicted molar refractivity (Wildman–Crippen MR) is 50.6 cm³/mol. The number of carbonyl (C=O) groups excluding carboxylic acids is 1. The fourth-order valence-electron chi connectivity index (χ4n) is 0.856. The highest BCUT2D eigenvalue weighted by atomic mass is 35.5. The minimum atomic E-state index is -0.534. The third kappa shape index (κ3) is 2.95. The number of nitrogens with zero attached hydrogens (tertiary/aromatic N) is 1. The first kappa shape index (κ1) is 10.4. The van der Waals surface area contributed by atoms with E-state index in [0.717, 1.165) is 5.69 Å². The lowest BCUT2D eigenvalue weighted by Crippen LogP contribution is -2.34. The minimum absolute atomic E-state index is 0.386. The van der Waals surface area contributed by atoms with Crippen LogP contribution in [-0.4, -0.2) is 24.1 Å². The second kappa shape index (κ2) is 5.16. The van der Waals surface area contributed by atoms with E-state index in [9.17, 15) is 4.79 Å². The Morgan fingerprint density at radius 3 is 3.15 bits per heavy atom. The molecule has 6 heteroatoms. The molecule has 1 rings (SSSR count). The summed E-state index contributed by atoms with van der Waals surface area (Å²) in [6.07, 6.45) is 0.444. The van der Waals surface area contributed by atoms with Gasteiger partial charge < -0.3 is 4.74 Å². The molecule has 4 nitrogen and oxygen atoms in total. The SMILES string of the molecule is COC(=O)[C@H](Cc1cscn1)NCl. The Morgan fingerprint density at radius 1 is 1.92 bits per heavy atom. The number of ether oxygens (including phenoxy) is 1. The van der Waals surface area contributed by atoms with Gasteiger partial charge in [0.05, 0.1) is 18.3 Å². The molecule has 0 radical (unpaired) electrons. The van der Waals surface area contributed by atoms with Crippen LogP contribution in [-0.2, 0) is 16.0 Å². The Bertz CT molecular complexity index is 265. The van der Waals surface area contributed by atoms with E-state index in [1.54, 1.807) is 5.51 Å². The number of halogens is 1. The fourth-order valence-corrected chi connectivity index (χ4v) is 1.59. The van der Waals surface area contributed by atoms with Crippen molar-refractivity contribution < 1.29 is 9.53 Å². The van der Waals surface area contributed by atoms with E-state index in [0.29, 0.717) is 6.42 Å². The smallest absolute Gasteiger partial charge is 0.324 e. The Morgan fingerprint density at radius 2 is 2.69 bits per heavy atom. The van der Waals surface area contributed by atoms with Crippen LogP contribution in [0.1, 0.15) is 5.69 Å². The van der Waals surface area contributed by atoms with Gasteiger partial charge in [0.15, 0.2) is 0 Å². The first-order valence-electron chi connectivity index (χ1n) is 3.59. The van der Waals surface area contributed by atoms with E-state index in [4.69, 9.17) is 11.8 Å². The average molecular weight is 221 g/mol. The van der Waals surface area contributed by atoms with Gasteiger partial charge in [-0.1, -0.05) is 0 Å². The van der Waals surface area contributed by atoms with Crippen LogP contribution < -0.4 is 4.84 Å². The Kier molecular flexibility index (Phi) is 4.14. The van der Waals surface area contributed by atoms with Gasteiger partial charge in [0.25, 0.3) is 0 Å². The Balaban J connectivity index is 2.54. The maximum Gasteiger partial charge on any atom is 0.324 e. The van der Waals surface area contributed by atoms with Gasteiger partial charge in [-0.05, 0) is 11.8 Å². The van der Waals surface area contributed by atoms with E-state index >= 15 is 0 Å². The summed E-state index contributed by atoms with van der Waals surface area (Å²) in [6, 6.07) is -0.534. The normalized spacial score (nSPS) is 12.5. The van der Waals surface area contributed by atoms with Gasteiger partial charge in [0.2, 0.25) is 0 Å². The first-order chi connectivity index (χ1) is 6.27. The predicted octanol–water partition coefficient (Wildman–Crippen LogP) is 0.971. The zero-order chi connectivity index (χ0) is 9.68. The lowest BCUT2D eigenvalue weighted by atomic mass is 10.2. The number of carbonyl (C=O) groups is 1. The zero-order valence-electron chi connectivity index (χ0n) is 6.99. The van der Waals surface area contributed by atoms with Crippen LogP contribution in [0.3, 0.4) is 0 Å². The summed E-state index contributed by atoms with van der Waals surface area (Å²) in [5, 5.41) is 1.87. The number of hydrogen-bond acceptors (Lipinski definition) is 5. The second-order valence-corrected chi connectivity index (χ2v) is 3.31. The number of esters is 1. The van der Waals surface area contributed by atoms with Gasteiger partial charge in [-0.3, -0.25) is 4.79 Å². The van der Waals surface area contributed by atoms with Crippen molar-refractivity contribution in [1.29, 1.82) is 0 Å². The van der Waals surface area contributed by atoms with Crippen molar-refractivity contribution in [2.75, 3.05) is 7.11 Å². The van der Waals surface area contributed by atoms with E-state index in [2.05, 4.69) is 14.6 Å². The highest BCUT2D eigenvalue weighted by Crippen LogP contribution is 2.05. The van der Waals surface area contributed by atoms with Gasteiger partial charge in [-0.2, -0.15) is 0 Å². The molecule has 1 aromatic rings. The minimum Gasteiger partial charge on any atom is -0.468 e. The quantitative estimate of drug-likeness (QED) is 0.607. The third-order valence-electron chi connectivity index (χ3n) is 1.51. The molecule has 1 heterocycles. The van der Waals surface area contributed by atoms with Crippen molar-refractivity contribution in [2.24, 2.45) is 0 Å². The summed E-state index contributed by atoms with van der Waals surface area (Å²) < 4.78 is 4.54. The van der Waals surface area contributed by atoms with Gasteiger partial charge >= 0.3 is 5.97 Å². The second-order valence-electron chi connectivity index (χ2n) is 2.37. The van der Waals surface area contributed by atoms with Crippen LogP contribution >= 0.6 is 23.1 Å². The van der Waals surface area contributed by atoms with Crippen molar-refractivity contribution >= 4 is 29.1 Å². The molecule has 0 unspecified atom stereocenters. The van der Waals surface area contributed by atoms with Gasteiger partial charge in [-0.15, -0.1) is 11.3 Å². The summed E-state index contributed by atoms with van der Waals surface area (Å²) in [4.78, 5) is 17.5. The maximum atomic E-state index is 11.1. The molecule has 0 aliphatic carbocycles. The topological polar surface area (TPSA) is 51.2 Å². The average Bonchev–Trinajstić information content (AvgIpc) is 2.65. The molecule has 13 heavy (non-hydrogen) atoms. The molecule has 0 aromatic carbocycles. The number of aromatic nitrogens is 1. The molecule has 0 saturated heterocycles. The monoisotopic (exact) mass is 220 g/mol. The van der Waals surface area contributed by atoms with E-state index in [-0.39, 0.29) is 5.97 Å². The summed E-state index contributed by atoms with van der Waals surface area (Å²) in [5.74, 6) is -0.386. The van der Waals surface area contributed by atoms with Crippen LogP contribution in [0.25, 0.3) is 0 Å². The molecule has 0 aliphatic rings. The number of thiazole rings is 1. The van der Waals surface area contributed by atoms with Crippen molar-refractivity contribution in [3.05, 3.63) is 16.6 Å². The molecule has 0 amide bonds. The van der Waals surface area contributed by atoms with Crippen molar-refractivity contribution in [2.45, 2.75) is 12.5 Å².